The van der Waals surface area contributed by atoms with E-state index in [-0.39, 0.29) is 5.91 Å². The highest BCUT2D eigenvalue weighted by atomic mass is 16.2. The number of aromatic nitrogens is 6. The summed E-state index contributed by atoms with van der Waals surface area (Å²) in [6.07, 6.45) is 7.37. The summed E-state index contributed by atoms with van der Waals surface area (Å²) in [4.78, 5) is 14.7. The van der Waals surface area contributed by atoms with Crippen LogP contribution in [0.5, 0.6) is 0 Å². The zero-order valence-electron chi connectivity index (χ0n) is 12.6. The Kier molecular flexibility index (Phi) is 3.16. The number of carbonyl (C=O) groups is 1. The molecule has 8 nitrogen and oxygen atoms in total. The van der Waals surface area contributed by atoms with Gasteiger partial charge in [-0.05, 0) is 29.7 Å². The van der Waals surface area contributed by atoms with Crippen molar-refractivity contribution in [1.82, 2.24) is 30.0 Å². The van der Waals surface area contributed by atoms with E-state index in [0.29, 0.717) is 24.0 Å². The van der Waals surface area contributed by atoms with Crippen LogP contribution in [0.1, 0.15) is 54.1 Å². The highest BCUT2D eigenvalue weighted by Crippen LogP contribution is 2.35. The van der Waals surface area contributed by atoms with Gasteiger partial charge in [0.05, 0.1) is 11.3 Å². The summed E-state index contributed by atoms with van der Waals surface area (Å²) in [6, 6.07) is 0. The molecule has 0 spiro atoms. The summed E-state index contributed by atoms with van der Waals surface area (Å²) >= 11 is 0. The van der Waals surface area contributed by atoms with Crippen molar-refractivity contribution in [2.24, 2.45) is 7.05 Å². The van der Waals surface area contributed by atoms with Crippen LogP contribution in [-0.2, 0) is 13.6 Å². The van der Waals surface area contributed by atoms with Crippen molar-refractivity contribution in [2.45, 2.75) is 44.6 Å². The summed E-state index contributed by atoms with van der Waals surface area (Å²) < 4.78 is 3.43. The molecule has 0 unspecified atom stereocenters. The fourth-order valence-electron chi connectivity index (χ4n) is 3.53. The molecule has 2 aromatic heterocycles. The maximum Gasteiger partial charge on any atom is 0.264 e. The van der Waals surface area contributed by atoms with E-state index in [0.717, 1.165) is 31.5 Å². The van der Waals surface area contributed by atoms with E-state index in [1.54, 1.807) is 14.3 Å². The van der Waals surface area contributed by atoms with Crippen LogP contribution in [0.4, 0.5) is 5.95 Å². The second kappa shape index (κ2) is 5.19. The predicted molar refractivity (Wildman–Crippen MR) is 78.5 cm³/mol. The third kappa shape index (κ3) is 2.10. The van der Waals surface area contributed by atoms with Gasteiger partial charge in [-0.1, -0.05) is 17.9 Å². The first-order chi connectivity index (χ1) is 10.7. The minimum atomic E-state index is -0.0363. The van der Waals surface area contributed by atoms with Gasteiger partial charge in [-0.3, -0.25) is 14.4 Å². The molecule has 0 bridgehead atoms. The van der Waals surface area contributed by atoms with E-state index >= 15 is 0 Å². The number of aryl methyl sites for hydroxylation is 2. The van der Waals surface area contributed by atoms with Gasteiger partial charge in [0, 0.05) is 32.3 Å². The Morgan fingerprint density at radius 2 is 2.05 bits per heavy atom. The highest BCUT2D eigenvalue weighted by molar-refractivity contribution is 6.06. The molecule has 1 saturated carbocycles. The maximum atomic E-state index is 13.0. The molecule has 1 aliphatic heterocycles. The van der Waals surface area contributed by atoms with Gasteiger partial charge in [0.2, 0.25) is 0 Å². The van der Waals surface area contributed by atoms with Crippen LogP contribution < -0.4 is 4.90 Å². The second-order valence-corrected chi connectivity index (χ2v) is 6.10. The number of anilines is 1. The van der Waals surface area contributed by atoms with Crippen molar-refractivity contribution in [3.05, 3.63) is 17.5 Å². The molecule has 0 saturated heterocycles. The Labute approximate surface area is 128 Å². The van der Waals surface area contributed by atoms with Crippen molar-refractivity contribution in [1.29, 1.82) is 0 Å². The number of hydrogen-bond donors (Lipinski definition) is 0. The minimum Gasteiger partial charge on any atom is -0.275 e. The molecule has 1 fully saturated rings. The standard InChI is InChI=1S/C14H19N7O/c1-19-9-11(12(16-19)10-5-2-3-6-10)13(22)20-7-4-8-21-14(20)15-17-18-21/h9-10H,2-8H2,1H3. The summed E-state index contributed by atoms with van der Waals surface area (Å²) in [7, 11) is 1.87. The first-order valence-corrected chi connectivity index (χ1v) is 7.85. The van der Waals surface area contributed by atoms with E-state index in [9.17, 15) is 4.79 Å². The minimum absolute atomic E-state index is 0.0363. The van der Waals surface area contributed by atoms with Gasteiger partial charge in [-0.25, -0.2) is 4.68 Å². The van der Waals surface area contributed by atoms with E-state index in [4.69, 9.17) is 0 Å². The van der Waals surface area contributed by atoms with Crippen molar-refractivity contribution < 1.29 is 4.79 Å². The quantitative estimate of drug-likeness (QED) is 0.830. The number of amides is 1. The fourth-order valence-corrected chi connectivity index (χ4v) is 3.53. The normalized spacial score (nSPS) is 18.7. The van der Waals surface area contributed by atoms with Crippen LogP contribution in [0.15, 0.2) is 6.20 Å². The molecular formula is C14H19N7O. The molecule has 0 N–H and O–H groups in total. The van der Waals surface area contributed by atoms with E-state index in [2.05, 4.69) is 20.6 Å². The lowest BCUT2D eigenvalue weighted by Crippen LogP contribution is -2.38. The van der Waals surface area contributed by atoms with E-state index in [1.807, 2.05) is 13.2 Å². The van der Waals surface area contributed by atoms with E-state index < -0.39 is 0 Å². The summed E-state index contributed by atoms with van der Waals surface area (Å²) in [6.45, 7) is 1.41. The molecule has 4 rings (SSSR count). The Balaban J connectivity index is 1.69. The van der Waals surface area contributed by atoms with Gasteiger partial charge < -0.3 is 0 Å². The third-order valence-corrected chi connectivity index (χ3v) is 4.58. The molecule has 0 aromatic carbocycles. The number of fused-ring (bicyclic) bond motifs is 1. The maximum absolute atomic E-state index is 13.0. The van der Waals surface area contributed by atoms with Crippen LogP contribution in [0.2, 0.25) is 0 Å². The average molecular weight is 301 g/mol. The van der Waals surface area contributed by atoms with Crippen LogP contribution in [0, 0.1) is 0 Å². The average Bonchev–Trinajstić information content (AvgIpc) is 3.25. The lowest BCUT2D eigenvalue weighted by atomic mass is 10.00. The molecule has 2 aromatic rings. The molecule has 8 heteroatoms. The molecule has 22 heavy (non-hydrogen) atoms. The van der Waals surface area contributed by atoms with Crippen molar-refractivity contribution in [3.63, 3.8) is 0 Å². The summed E-state index contributed by atoms with van der Waals surface area (Å²) in [5, 5.41) is 16.2. The van der Waals surface area contributed by atoms with Gasteiger partial charge in [0.25, 0.3) is 11.9 Å². The van der Waals surface area contributed by atoms with Crippen molar-refractivity contribution >= 4 is 11.9 Å². The van der Waals surface area contributed by atoms with Crippen LogP contribution in [-0.4, -0.2) is 42.4 Å². The smallest absolute Gasteiger partial charge is 0.264 e. The monoisotopic (exact) mass is 301 g/mol. The van der Waals surface area contributed by atoms with Gasteiger partial charge in [0.15, 0.2) is 0 Å². The molecule has 1 aliphatic carbocycles. The lowest BCUT2D eigenvalue weighted by Gasteiger charge is -2.25. The first kappa shape index (κ1) is 13.4. The molecule has 0 radical (unpaired) electrons. The lowest BCUT2D eigenvalue weighted by molar-refractivity contribution is 0.0979. The van der Waals surface area contributed by atoms with Gasteiger partial charge >= 0.3 is 0 Å². The molecular weight excluding hydrogens is 282 g/mol. The molecule has 1 amide bonds. The Hall–Kier alpha value is -2.25. The van der Waals surface area contributed by atoms with Crippen LogP contribution in [0.3, 0.4) is 0 Å². The Bertz CT molecular complexity index is 698. The van der Waals surface area contributed by atoms with Gasteiger partial charge in [-0.2, -0.15) is 5.10 Å². The van der Waals surface area contributed by atoms with Crippen molar-refractivity contribution in [3.8, 4) is 0 Å². The molecule has 2 aliphatic rings. The zero-order chi connectivity index (χ0) is 15.1. The van der Waals surface area contributed by atoms with Crippen molar-refractivity contribution in [2.75, 3.05) is 11.4 Å². The van der Waals surface area contributed by atoms with E-state index in [1.165, 1.54) is 12.8 Å². The van der Waals surface area contributed by atoms with Gasteiger partial charge in [0.1, 0.15) is 0 Å². The highest BCUT2D eigenvalue weighted by Gasteiger charge is 2.32. The number of carbonyl (C=O) groups excluding carboxylic acids is 1. The third-order valence-electron chi connectivity index (χ3n) is 4.58. The molecule has 116 valence electrons. The Morgan fingerprint density at radius 3 is 2.86 bits per heavy atom. The topological polar surface area (TPSA) is 81.7 Å². The number of rotatable bonds is 2. The summed E-state index contributed by atoms with van der Waals surface area (Å²) in [5.41, 5.74) is 1.64. The number of tetrazole rings is 1. The number of nitrogens with zero attached hydrogens (tertiary/aromatic N) is 7. The fraction of sp³-hybridized carbons (Fsp3) is 0.643. The van der Waals surface area contributed by atoms with Crippen LogP contribution >= 0.6 is 0 Å². The largest absolute Gasteiger partial charge is 0.275 e. The first-order valence-electron chi connectivity index (χ1n) is 7.85. The number of hydrogen-bond acceptors (Lipinski definition) is 5. The van der Waals surface area contributed by atoms with Crippen LogP contribution in [0.25, 0.3) is 0 Å². The predicted octanol–water partition coefficient (Wildman–Crippen LogP) is 1.11. The molecule has 0 atom stereocenters. The Morgan fingerprint density at radius 1 is 1.23 bits per heavy atom. The SMILES string of the molecule is Cn1cc(C(=O)N2CCCn3nnnc32)c(C2CCCC2)n1. The second-order valence-electron chi connectivity index (χ2n) is 6.10. The summed E-state index contributed by atoms with van der Waals surface area (Å²) in [5.74, 6) is 0.907. The molecule has 3 heterocycles. The zero-order valence-corrected chi connectivity index (χ0v) is 12.6. The van der Waals surface area contributed by atoms with Gasteiger partial charge in [-0.15, -0.1) is 0 Å².